The Morgan fingerprint density at radius 3 is 1.96 bits per heavy atom. The molecule has 0 fully saturated rings. The van der Waals surface area contributed by atoms with Crippen LogP contribution in [0, 0.1) is 23.2 Å². The van der Waals surface area contributed by atoms with Crippen LogP contribution in [-0.2, 0) is 9.59 Å². The summed E-state index contributed by atoms with van der Waals surface area (Å²) >= 11 is 0. The Hall–Kier alpha value is -1.62. The predicted molar refractivity (Wildman–Crippen MR) is 88.0 cm³/mol. The minimum Gasteiger partial charge on any atom is -0.481 e. The van der Waals surface area contributed by atoms with Gasteiger partial charge in [-0.15, -0.1) is 0 Å². The maximum absolute atomic E-state index is 12.3. The molecule has 0 radical (unpaired) electrons. The second-order valence-corrected chi connectivity index (χ2v) is 6.81. The molecular formula is C18H28O5. The van der Waals surface area contributed by atoms with E-state index in [1.807, 2.05) is 20.8 Å². The van der Waals surface area contributed by atoms with E-state index in [4.69, 9.17) is 0 Å². The number of aliphatic hydroxyl groups is 1. The van der Waals surface area contributed by atoms with Gasteiger partial charge in [0.15, 0.2) is 0 Å². The highest BCUT2D eigenvalue weighted by Crippen LogP contribution is 2.54. The Morgan fingerprint density at radius 2 is 1.70 bits per heavy atom. The van der Waals surface area contributed by atoms with Crippen LogP contribution < -0.4 is 0 Å². The van der Waals surface area contributed by atoms with E-state index in [0.717, 1.165) is 5.57 Å². The van der Waals surface area contributed by atoms with Crippen LogP contribution in [0.4, 0.5) is 0 Å². The monoisotopic (exact) mass is 324 g/mol. The lowest BCUT2D eigenvalue weighted by Crippen LogP contribution is -2.50. The number of rotatable bonds is 6. The molecule has 2 atom stereocenters. The van der Waals surface area contributed by atoms with Crippen molar-refractivity contribution in [1.29, 1.82) is 0 Å². The molecule has 0 bridgehead atoms. The first-order valence-corrected chi connectivity index (χ1v) is 8.10. The normalized spacial score (nSPS) is 25.5. The highest BCUT2D eigenvalue weighted by molar-refractivity contribution is 5.94. The molecule has 0 aliphatic heterocycles. The van der Waals surface area contributed by atoms with Gasteiger partial charge in [0.1, 0.15) is 5.41 Å². The predicted octanol–water partition coefficient (Wildman–Crippen LogP) is 3.10. The summed E-state index contributed by atoms with van der Waals surface area (Å²) in [5.74, 6) is -3.50. The molecule has 5 heteroatoms. The first kappa shape index (κ1) is 19.4. The maximum Gasteiger partial charge on any atom is 0.332 e. The molecule has 1 rings (SSSR count). The molecule has 0 aromatic heterocycles. The zero-order valence-electron chi connectivity index (χ0n) is 14.8. The topological polar surface area (TPSA) is 94.8 Å². The Labute approximate surface area is 137 Å². The van der Waals surface area contributed by atoms with Gasteiger partial charge in [0.25, 0.3) is 0 Å². The standard InChI is InChI=1S/C18H28O5/c1-7-12-14(9(2)3)11(6)18(10(4)5,17(22)23)13(8-19)15(12)16(20)21/h9-10,13,19H,7-8H2,1-6H3,(H,20,21)(H,22,23). The summed E-state index contributed by atoms with van der Waals surface area (Å²) in [6.45, 7) is 10.6. The fourth-order valence-corrected chi connectivity index (χ4v) is 4.36. The number of aliphatic carboxylic acids is 2. The number of carbonyl (C=O) groups is 2. The molecule has 23 heavy (non-hydrogen) atoms. The average Bonchev–Trinajstić information content (AvgIpc) is 2.43. The average molecular weight is 324 g/mol. The summed E-state index contributed by atoms with van der Waals surface area (Å²) < 4.78 is 0. The van der Waals surface area contributed by atoms with Crippen LogP contribution in [0.3, 0.4) is 0 Å². The molecule has 0 spiro atoms. The molecule has 2 unspecified atom stereocenters. The van der Waals surface area contributed by atoms with Gasteiger partial charge >= 0.3 is 11.9 Å². The lowest BCUT2D eigenvalue weighted by molar-refractivity contribution is -0.154. The van der Waals surface area contributed by atoms with Crippen molar-refractivity contribution in [1.82, 2.24) is 0 Å². The lowest BCUT2D eigenvalue weighted by atomic mass is 9.55. The molecule has 0 aromatic rings. The third-order valence-corrected chi connectivity index (χ3v) is 5.18. The van der Waals surface area contributed by atoms with Gasteiger partial charge in [0.05, 0.1) is 6.61 Å². The van der Waals surface area contributed by atoms with Crippen molar-refractivity contribution in [2.24, 2.45) is 23.2 Å². The van der Waals surface area contributed by atoms with Crippen molar-refractivity contribution in [3.05, 3.63) is 22.3 Å². The molecule has 130 valence electrons. The summed E-state index contributed by atoms with van der Waals surface area (Å²) in [5.41, 5.74) is 0.810. The molecular weight excluding hydrogens is 296 g/mol. The van der Waals surface area contributed by atoms with Crippen LogP contribution >= 0.6 is 0 Å². The van der Waals surface area contributed by atoms with Crippen molar-refractivity contribution < 1.29 is 24.9 Å². The first-order chi connectivity index (χ1) is 10.6. The minimum absolute atomic E-state index is 0.0106. The van der Waals surface area contributed by atoms with Crippen molar-refractivity contribution in [2.75, 3.05) is 6.61 Å². The Morgan fingerprint density at radius 1 is 1.17 bits per heavy atom. The molecule has 1 aliphatic rings. The lowest BCUT2D eigenvalue weighted by Gasteiger charge is -2.46. The molecule has 0 amide bonds. The third-order valence-electron chi connectivity index (χ3n) is 5.18. The zero-order chi connectivity index (χ0) is 18.1. The smallest absolute Gasteiger partial charge is 0.332 e. The highest BCUT2D eigenvalue weighted by Gasteiger charge is 2.56. The molecule has 1 aliphatic carbocycles. The summed E-state index contributed by atoms with van der Waals surface area (Å²) in [4.78, 5) is 24.2. The maximum atomic E-state index is 12.3. The molecule has 0 aromatic carbocycles. The Kier molecular flexibility index (Phi) is 5.80. The molecule has 3 N–H and O–H groups in total. The van der Waals surface area contributed by atoms with E-state index in [2.05, 4.69) is 0 Å². The minimum atomic E-state index is -1.40. The number of hydrogen-bond donors (Lipinski definition) is 3. The zero-order valence-corrected chi connectivity index (χ0v) is 14.8. The van der Waals surface area contributed by atoms with Gasteiger partial charge in [-0.05, 0) is 36.3 Å². The number of hydrogen-bond acceptors (Lipinski definition) is 3. The summed E-state index contributed by atoms with van der Waals surface area (Å²) in [5, 5.41) is 29.7. The van der Waals surface area contributed by atoms with Gasteiger partial charge in [0, 0.05) is 11.5 Å². The number of aliphatic hydroxyl groups excluding tert-OH is 1. The van der Waals surface area contributed by atoms with E-state index < -0.39 is 29.9 Å². The molecule has 5 nitrogen and oxygen atoms in total. The number of carboxylic acid groups (broad SMARTS) is 2. The quantitative estimate of drug-likeness (QED) is 0.698. The highest BCUT2D eigenvalue weighted by atomic mass is 16.4. The van der Waals surface area contributed by atoms with E-state index >= 15 is 0 Å². The van der Waals surface area contributed by atoms with Crippen LogP contribution in [-0.4, -0.2) is 33.9 Å². The Balaban J connectivity index is 3.99. The third kappa shape index (κ3) is 2.71. The van der Waals surface area contributed by atoms with E-state index in [9.17, 15) is 24.9 Å². The number of allylic oxidation sites excluding steroid dienone is 2. The van der Waals surface area contributed by atoms with Crippen molar-refractivity contribution in [3.8, 4) is 0 Å². The largest absolute Gasteiger partial charge is 0.481 e. The summed E-state index contributed by atoms with van der Waals surface area (Å²) in [7, 11) is 0. The molecule has 0 saturated carbocycles. The second-order valence-electron chi connectivity index (χ2n) is 6.81. The number of carboxylic acids is 2. The van der Waals surface area contributed by atoms with Gasteiger partial charge in [0.2, 0.25) is 0 Å². The van der Waals surface area contributed by atoms with E-state index in [0.29, 0.717) is 17.6 Å². The van der Waals surface area contributed by atoms with Gasteiger partial charge in [-0.3, -0.25) is 4.79 Å². The van der Waals surface area contributed by atoms with Gasteiger partial charge in [-0.25, -0.2) is 4.79 Å². The molecule has 0 heterocycles. The summed E-state index contributed by atoms with van der Waals surface area (Å²) in [6.07, 6.45) is 0.497. The summed E-state index contributed by atoms with van der Waals surface area (Å²) in [6, 6.07) is 0. The van der Waals surface area contributed by atoms with Gasteiger partial charge in [-0.1, -0.05) is 40.2 Å². The van der Waals surface area contributed by atoms with E-state index in [-0.39, 0.29) is 17.4 Å². The van der Waals surface area contributed by atoms with Crippen molar-refractivity contribution >= 4 is 11.9 Å². The van der Waals surface area contributed by atoms with Gasteiger partial charge < -0.3 is 15.3 Å². The van der Waals surface area contributed by atoms with Crippen LogP contribution in [0.25, 0.3) is 0 Å². The van der Waals surface area contributed by atoms with E-state index in [1.54, 1.807) is 20.8 Å². The fraction of sp³-hybridized carbons (Fsp3) is 0.667. The van der Waals surface area contributed by atoms with Crippen LogP contribution in [0.2, 0.25) is 0 Å². The molecule has 0 saturated heterocycles. The van der Waals surface area contributed by atoms with Crippen LogP contribution in [0.5, 0.6) is 0 Å². The van der Waals surface area contributed by atoms with Crippen LogP contribution in [0.1, 0.15) is 48.0 Å². The van der Waals surface area contributed by atoms with Crippen molar-refractivity contribution in [3.63, 3.8) is 0 Å². The SMILES string of the molecule is CCC1=C(C(=O)O)C(CO)C(C(=O)O)(C(C)C)C(C)=C1C(C)C. The fourth-order valence-electron chi connectivity index (χ4n) is 4.36. The second kappa shape index (κ2) is 6.87. The van der Waals surface area contributed by atoms with Crippen molar-refractivity contribution in [2.45, 2.75) is 48.0 Å². The van der Waals surface area contributed by atoms with Gasteiger partial charge in [-0.2, -0.15) is 0 Å². The Bertz CT molecular complexity index is 568. The van der Waals surface area contributed by atoms with Crippen LogP contribution in [0.15, 0.2) is 22.3 Å². The first-order valence-electron chi connectivity index (χ1n) is 8.10. The van der Waals surface area contributed by atoms with E-state index in [1.165, 1.54) is 0 Å².